The standard InChI is InChI=1S/C18H21N5O3/c1-22-6-8-23(9-7-22)17(24)14-4-5-19-18(21-14)20-13-2-3-15-16(12-13)26-11-10-25-15/h2-5,12H,6-11H2,1H3,(H,19,20,21). The Labute approximate surface area is 151 Å². The highest BCUT2D eigenvalue weighted by Gasteiger charge is 2.21. The van der Waals surface area contributed by atoms with Crippen LogP contribution in [-0.4, -0.2) is 72.1 Å². The summed E-state index contributed by atoms with van der Waals surface area (Å²) in [5.41, 5.74) is 1.17. The number of likely N-dealkylation sites (N-methyl/N-ethyl adjacent to an activating group) is 1. The molecule has 0 bridgehead atoms. The molecule has 0 aliphatic carbocycles. The Hall–Kier alpha value is -2.87. The molecular weight excluding hydrogens is 334 g/mol. The van der Waals surface area contributed by atoms with Crippen LogP contribution in [0.15, 0.2) is 30.5 Å². The van der Waals surface area contributed by atoms with E-state index in [1.54, 1.807) is 12.3 Å². The van der Waals surface area contributed by atoms with Gasteiger partial charge in [0, 0.05) is 44.1 Å². The number of rotatable bonds is 3. The number of hydrogen-bond donors (Lipinski definition) is 1. The lowest BCUT2D eigenvalue weighted by Crippen LogP contribution is -2.47. The fraction of sp³-hybridized carbons (Fsp3) is 0.389. The van der Waals surface area contributed by atoms with Gasteiger partial charge in [0.1, 0.15) is 18.9 Å². The number of nitrogens with one attached hydrogen (secondary N) is 1. The second-order valence-electron chi connectivity index (χ2n) is 6.34. The van der Waals surface area contributed by atoms with Gasteiger partial charge in [0.05, 0.1) is 0 Å². The van der Waals surface area contributed by atoms with Crippen molar-refractivity contribution in [1.82, 2.24) is 19.8 Å². The van der Waals surface area contributed by atoms with Gasteiger partial charge in [0.2, 0.25) is 5.95 Å². The fourth-order valence-corrected chi connectivity index (χ4v) is 2.96. The second-order valence-corrected chi connectivity index (χ2v) is 6.34. The number of carbonyl (C=O) groups excluding carboxylic acids is 1. The Kier molecular flexibility index (Phi) is 4.57. The summed E-state index contributed by atoms with van der Waals surface area (Å²) in [5.74, 6) is 1.72. The van der Waals surface area contributed by atoms with Crippen LogP contribution in [0.25, 0.3) is 0 Å². The lowest BCUT2D eigenvalue weighted by atomic mass is 10.2. The zero-order valence-corrected chi connectivity index (χ0v) is 14.6. The Morgan fingerprint density at radius 1 is 1.08 bits per heavy atom. The minimum Gasteiger partial charge on any atom is -0.486 e. The first-order valence-electron chi connectivity index (χ1n) is 8.66. The number of fused-ring (bicyclic) bond motifs is 1. The molecule has 4 rings (SSSR count). The summed E-state index contributed by atoms with van der Waals surface area (Å²) >= 11 is 0. The van der Waals surface area contributed by atoms with Crippen LogP contribution < -0.4 is 14.8 Å². The minimum absolute atomic E-state index is 0.0641. The molecule has 2 aliphatic rings. The van der Waals surface area contributed by atoms with E-state index in [1.807, 2.05) is 23.1 Å². The Morgan fingerprint density at radius 3 is 2.65 bits per heavy atom. The van der Waals surface area contributed by atoms with Gasteiger partial charge in [-0.2, -0.15) is 0 Å². The molecule has 2 aliphatic heterocycles. The number of piperazine rings is 1. The summed E-state index contributed by atoms with van der Waals surface area (Å²) < 4.78 is 11.1. The molecule has 0 atom stereocenters. The average Bonchev–Trinajstić information content (AvgIpc) is 2.68. The molecule has 2 aromatic rings. The van der Waals surface area contributed by atoms with Crippen LogP contribution >= 0.6 is 0 Å². The molecule has 1 fully saturated rings. The largest absolute Gasteiger partial charge is 0.486 e. The summed E-state index contributed by atoms with van der Waals surface area (Å²) in [4.78, 5) is 25.3. The molecule has 1 aromatic heterocycles. The van der Waals surface area contributed by atoms with E-state index in [2.05, 4.69) is 27.2 Å². The summed E-state index contributed by atoms with van der Waals surface area (Å²) in [7, 11) is 2.06. The van der Waals surface area contributed by atoms with Crippen LogP contribution in [0.1, 0.15) is 10.5 Å². The highest BCUT2D eigenvalue weighted by atomic mass is 16.6. The third kappa shape index (κ3) is 3.55. The molecule has 1 N–H and O–H groups in total. The summed E-state index contributed by atoms with van der Waals surface area (Å²) in [6, 6.07) is 7.20. The molecule has 0 radical (unpaired) electrons. The van der Waals surface area contributed by atoms with Crippen molar-refractivity contribution < 1.29 is 14.3 Å². The van der Waals surface area contributed by atoms with Crippen LogP contribution in [0.4, 0.5) is 11.6 Å². The Bertz CT molecular complexity index is 805. The Balaban J connectivity index is 1.48. The first kappa shape index (κ1) is 16.6. The smallest absolute Gasteiger partial charge is 0.272 e. The molecule has 26 heavy (non-hydrogen) atoms. The van der Waals surface area contributed by atoms with Gasteiger partial charge < -0.3 is 24.6 Å². The molecule has 8 nitrogen and oxygen atoms in total. The van der Waals surface area contributed by atoms with E-state index in [9.17, 15) is 4.79 Å². The predicted octanol–water partition coefficient (Wildman–Crippen LogP) is 1.38. The number of benzene rings is 1. The number of anilines is 2. The van der Waals surface area contributed by atoms with E-state index in [0.717, 1.165) is 24.5 Å². The van der Waals surface area contributed by atoms with Gasteiger partial charge in [0.25, 0.3) is 5.91 Å². The number of carbonyl (C=O) groups is 1. The monoisotopic (exact) mass is 355 g/mol. The van der Waals surface area contributed by atoms with Gasteiger partial charge in [-0.05, 0) is 25.2 Å². The zero-order chi connectivity index (χ0) is 17.9. The molecule has 136 valence electrons. The van der Waals surface area contributed by atoms with Crippen molar-refractivity contribution >= 4 is 17.5 Å². The third-order valence-electron chi connectivity index (χ3n) is 4.46. The van der Waals surface area contributed by atoms with Crippen molar-refractivity contribution in [2.45, 2.75) is 0 Å². The molecule has 0 unspecified atom stereocenters. The van der Waals surface area contributed by atoms with E-state index < -0.39 is 0 Å². The predicted molar refractivity (Wildman–Crippen MR) is 96.1 cm³/mol. The minimum atomic E-state index is -0.0641. The van der Waals surface area contributed by atoms with Gasteiger partial charge in [-0.25, -0.2) is 9.97 Å². The number of aromatic nitrogens is 2. The van der Waals surface area contributed by atoms with E-state index in [-0.39, 0.29) is 5.91 Å². The van der Waals surface area contributed by atoms with Gasteiger partial charge >= 0.3 is 0 Å². The topological polar surface area (TPSA) is 79.8 Å². The number of nitrogens with zero attached hydrogens (tertiary/aromatic N) is 4. The van der Waals surface area contributed by atoms with Crippen LogP contribution in [0.3, 0.4) is 0 Å². The van der Waals surface area contributed by atoms with Gasteiger partial charge in [0.15, 0.2) is 11.5 Å². The Morgan fingerprint density at radius 2 is 1.85 bits per heavy atom. The fourth-order valence-electron chi connectivity index (χ4n) is 2.96. The summed E-state index contributed by atoms with van der Waals surface area (Å²) in [6.07, 6.45) is 1.59. The van der Waals surface area contributed by atoms with Crippen molar-refractivity contribution in [1.29, 1.82) is 0 Å². The first-order valence-corrected chi connectivity index (χ1v) is 8.66. The number of amides is 1. The van der Waals surface area contributed by atoms with Crippen LogP contribution in [0, 0.1) is 0 Å². The van der Waals surface area contributed by atoms with Crippen molar-refractivity contribution in [3.8, 4) is 11.5 Å². The lowest BCUT2D eigenvalue weighted by molar-refractivity contribution is 0.0658. The van der Waals surface area contributed by atoms with E-state index in [0.29, 0.717) is 43.7 Å². The zero-order valence-electron chi connectivity index (χ0n) is 14.6. The first-order chi connectivity index (χ1) is 12.7. The maximum Gasteiger partial charge on any atom is 0.272 e. The quantitative estimate of drug-likeness (QED) is 0.891. The van der Waals surface area contributed by atoms with Gasteiger partial charge in [-0.15, -0.1) is 0 Å². The maximum atomic E-state index is 12.7. The van der Waals surface area contributed by atoms with E-state index in [4.69, 9.17) is 9.47 Å². The molecule has 8 heteroatoms. The molecular formula is C18H21N5O3. The average molecular weight is 355 g/mol. The molecule has 1 amide bonds. The van der Waals surface area contributed by atoms with Crippen molar-refractivity contribution in [3.63, 3.8) is 0 Å². The third-order valence-corrected chi connectivity index (χ3v) is 4.46. The van der Waals surface area contributed by atoms with Gasteiger partial charge in [-0.3, -0.25) is 4.79 Å². The molecule has 0 saturated carbocycles. The molecule has 3 heterocycles. The lowest BCUT2D eigenvalue weighted by Gasteiger charge is -2.32. The number of ether oxygens (including phenoxy) is 2. The molecule has 1 aromatic carbocycles. The van der Waals surface area contributed by atoms with E-state index >= 15 is 0 Å². The SMILES string of the molecule is CN1CCN(C(=O)c2ccnc(Nc3ccc4c(c3)OCCO4)n2)CC1. The normalized spacial score (nSPS) is 17.0. The summed E-state index contributed by atoms with van der Waals surface area (Å²) in [5, 5.41) is 3.12. The highest BCUT2D eigenvalue weighted by Crippen LogP contribution is 2.33. The molecule has 1 saturated heterocycles. The van der Waals surface area contributed by atoms with Crippen molar-refractivity contribution in [2.24, 2.45) is 0 Å². The number of hydrogen-bond acceptors (Lipinski definition) is 7. The maximum absolute atomic E-state index is 12.7. The van der Waals surface area contributed by atoms with Gasteiger partial charge in [-0.1, -0.05) is 0 Å². The second kappa shape index (κ2) is 7.17. The van der Waals surface area contributed by atoms with Crippen LogP contribution in [0.5, 0.6) is 11.5 Å². The summed E-state index contributed by atoms with van der Waals surface area (Å²) in [6.45, 7) is 4.26. The van der Waals surface area contributed by atoms with E-state index in [1.165, 1.54) is 0 Å². The van der Waals surface area contributed by atoms with Crippen molar-refractivity contribution in [2.75, 3.05) is 51.8 Å². The van der Waals surface area contributed by atoms with Crippen LogP contribution in [0.2, 0.25) is 0 Å². The highest BCUT2D eigenvalue weighted by molar-refractivity contribution is 5.92. The van der Waals surface area contributed by atoms with Crippen LogP contribution in [-0.2, 0) is 0 Å². The van der Waals surface area contributed by atoms with Crippen molar-refractivity contribution in [3.05, 3.63) is 36.2 Å². The molecule has 0 spiro atoms.